The summed E-state index contributed by atoms with van der Waals surface area (Å²) in [5.41, 5.74) is 5.42. The number of nitrogens with one attached hydrogen (secondary N) is 1. The first kappa shape index (κ1) is 23.3. The van der Waals surface area contributed by atoms with Crippen molar-refractivity contribution in [3.8, 4) is 5.75 Å². The van der Waals surface area contributed by atoms with Crippen molar-refractivity contribution in [1.29, 1.82) is 0 Å². The summed E-state index contributed by atoms with van der Waals surface area (Å²) in [5, 5.41) is 2.74. The monoisotopic (exact) mass is 489 g/mol. The van der Waals surface area contributed by atoms with Crippen LogP contribution in [-0.2, 0) is 12.8 Å². The number of rotatable bonds is 6. The molecule has 34 heavy (non-hydrogen) atoms. The van der Waals surface area contributed by atoms with E-state index in [1.54, 1.807) is 12.1 Å². The highest BCUT2D eigenvalue weighted by atomic mass is 32.1. The lowest BCUT2D eigenvalue weighted by Crippen LogP contribution is -2.16. The number of anilines is 1. The molecule has 7 nitrogen and oxygen atoms in total. The third-order valence-corrected chi connectivity index (χ3v) is 6.06. The van der Waals surface area contributed by atoms with Crippen LogP contribution in [0.25, 0.3) is 10.2 Å². The van der Waals surface area contributed by atoms with E-state index in [1.165, 1.54) is 13.0 Å². The van der Waals surface area contributed by atoms with Crippen molar-refractivity contribution in [1.82, 2.24) is 4.98 Å². The van der Waals surface area contributed by atoms with Crippen LogP contribution in [0.4, 0.5) is 18.9 Å². The van der Waals surface area contributed by atoms with Gasteiger partial charge in [0.2, 0.25) is 0 Å². The molecule has 0 bridgehead atoms. The largest absolute Gasteiger partial charge is 0.485 e. The van der Waals surface area contributed by atoms with E-state index in [4.69, 9.17) is 14.9 Å². The Morgan fingerprint density at radius 3 is 2.56 bits per heavy atom. The van der Waals surface area contributed by atoms with Gasteiger partial charge >= 0.3 is 6.18 Å². The van der Waals surface area contributed by atoms with Crippen molar-refractivity contribution in [3.05, 3.63) is 75.7 Å². The molecule has 0 aliphatic heterocycles. The zero-order chi connectivity index (χ0) is 24.6. The predicted octanol–water partition coefficient (Wildman–Crippen LogP) is 5.46. The Labute approximate surface area is 195 Å². The predicted molar refractivity (Wildman–Crippen MR) is 120 cm³/mol. The summed E-state index contributed by atoms with van der Waals surface area (Å²) in [5.74, 6) is -0.634. The number of fused-ring (bicyclic) bond motifs is 1. The van der Waals surface area contributed by atoms with Gasteiger partial charge in [0.15, 0.2) is 5.76 Å². The minimum Gasteiger partial charge on any atom is -0.485 e. The number of para-hydroxylation sites is 1. The van der Waals surface area contributed by atoms with E-state index < -0.39 is 23.7 Å². The lowest BCUT2D eigenvalue weighted by atomic mass is 10.1. The minimum absolute atomic E-state index is 0.00895. The standard InChI is InChI=1S/C23H18F3N3O4S/c1-11-5-3-4-6-14(11)32-10-13-7-8-15(33-13)21(31)29-18-17-12(2)9-16(23(24,25)26)28-22(17)34-19(18)20(27)30/h3-9H,10H2,1-2H3,(H2,27,30)(H,29,31). The third kappa shape index (κ3) is 4.60. The molecule has 0 saturated heterocycles. The molecule has 0 atom stereocenters. The second kappa shape index (κ2) is 8.82. The molecule has 11 heteroatoms. The molecule has 4 aromatic rings. The molecule has 176 valence electrons. The Kier molecular flexibility index (Phi) is 6.05. The highest BCUT2D eigenvalue weighted by molar-refractivity contribution is 7.21. The summed E-state index contributed by atoms with van der Waals surface area (Å²) in [7, 11) is 0. The molecule has 4 rings (SSSR count). The fraction of sp³-hybridized carbons (Fsp3) is 0.174. The van der Waals surface area contributed by atoms with Crippen LogP contribution in [0, 0.1) is 13.8 Å². The number of aryl methyl sites for hydroxylation is 2. The molecule has 3 heterocycles. The fourth-order valence-corrected chi connectivity index (χ4v) is 4.40. The average Bonchev–Trinajstić information content (AvgIpc) is 3.38. The summed E-state index contributed by atoms with van der Waals surface area (Å²) in [4.78, 5) is 28.2. The molecule has 0 saturated carbocycles. The number of hydrogen-bond acceptors (Lipinski definition) is 6. The SMILES string of the molecule is Cc1ccccc1OCc1ccc(C(=O)Nc2c(C(N)=O)sc3nc(C(F)(F)F)cc(C)c23)o1. The van der Waals surface area contributed by atoms with Crippen molar-refractivity contribution in [2.45, 2.75) is 26.6 Å². The Morgan fingerprint density at radius 2 is 1.88 bits per heavy atom. The first-order valence-corrected chi connectivity index (χ1v) is 10.8. The molecule has 3 aromatic heterocycles. The minimum atomic E-state index is -4.66. The number of carbonyl (C=O) groups excluding carboxylic acids is 2. The lowest BCUT2D eigenvalue weighted by molar-refractivity contribution is -0.141. The number of halogens is 3. The number of ether oxygens (including phenoxy) is 1. The van der Waals surface area contributed by atoms with Gasteiger partial charge in [0.1, 0.15) is 33.5 Å². The molecule has 3 N–H and O–H groups in total. The van der Waals surface area contributed by atoms with E-state index in [9.17, 15) is 22.8 Å². The van der Waals surface area contributed by atoms with Gasteiger partial charge in [0.25, 0.3) is 11.8 Å². The smallest absolute Gasteiger partial charge is 0.433 e. The Bertz CT molecular complexity index is 1410. The van der Waals surface area contributed by atoms with Crippen molar-refractivity contribution in [2.24, 2.45) is 5.73 Å². The molecule has 0 spiro atoms. The Balaban J connectivity index is 1.60. The van der Waals surface area contributed by atoms with Crippen LogP contribution < -0.4 is 15.8 Å². The molecule has 0 fully saturated rings. The summed E-state index contributed by atoms with van der Waals surface area (Å²) in [6.45, 7) is 3.40. The number of furan rings is 1. The number of primary amides is 1. The van der Waals surface area contributed by atoms with Gasteiger partial charge in [-0.25, -0.2) is 4.98 Å². The van der Waals surface area contributed by atoms with Crippen LogP contribution in [0.3, 0.4) is 0 Å². The Hall–Kier alpha value is -3.86. The fourth-order valence-electron chi connectivity index (χ4n) is 3.34. The maximum Gasteiger partial charge on any atom is 0.433 e. The summed E-state index contributed by atoms with van der Waals surface area (Å²) in [6, 6.07) is 11.3. The van der Waals surface area contributed by atoms with Gasteiger partial charge in [0.05, 0.1) is 5.69 Å². The molecular weight excluding hydrogens is 471 g/mol. The maximum atomic E-state index is 13.1. The average molecular weight is 489 g/mol. The number of alkyl halides is 3. The van der Waals surface area contributed by atoms with E-state index in [1.807, 2.05) is 25.1 Å². The molecular formula is C23H18F3N3O4S. The maximum absolute atomic E-state index is 13.1. The highest BCUT2D eigenvalue weighted by Crippen LogP contribution is 2.40. The second-order valence-corrected chi connectivity index (χ2v) is 8.45. The van der Waals surface area contributed by atoms with Crippen LogP contribution >= 0.6 is 11.3 Å². The zero-order valence-electron chi connectivity index (χ0n) is 17.9. The van der Waals surface area contributed by atoms with E-state index in [0.29, 0.717) is 22.8 Å². The summed E-state index contributed by atoms with van der Waals surface area (Å²) < 4.78 is 50.7. The highest BCUT2D eigenvalue weighted by Gasteiger charge is 2.34. The third-order valence-electron chi connectivity index (χ3n) is 4.96. The quantitative estimate of drug-likeness (QED) is 0.374. The molecule has 0 unspecified atom stereocenters. The molecule has 0 aliphatic carbocycles. The van der Waals surface area contributed by atoms with Crippen molar-refractivity contribution >= 4 is 39.1 Å². The van der Waals surface area contributed by atoms with E-state index in [0.717, 1.165) is 11.6 Å². The first-order chi connectivity index (χ1) is 16.0. The van der Waals surface area contributed by atoms with Crippen molar-refractivity contribution in [3.63, 3.8) is 0 Å². The van der Waals surface area contributed by atoms with Crippen LogP contribution in [0.2, 0.25) is 0 Å². The number of carbonyl (C=O) groups is 2. The van der Waals surface area contributed by atoms with E-state index in [-0.39, 0.29) is 38.7 Å². The van der Waals surface area contributed by atoms with Gasteiger partial charge < -0.3 is 20.2 Å². The van der Waals surface area contributed by atoms with Gasteiger partial charge in [-0.1, -0.05) is 18.2 Å². The molecule has 2 amide bonds. The number of pyridine rings is 1. The number of nitrogens with zero attached hydrogens (tertiary/aromatic N) is 1. The van der Waals surface area contributed by atoms with Crippen molar-refractivity contribution in [2.75, 3.05) is 5.32 Å². The lowest BCUT2D eigenvalue weighted by Gasteiger charge is -2.09. The van der Waals surface area contributed by atoms with E-state index >= 15 is 0 Å². The normalized spacial score (nSPS) is 11.6. The second-order valence-electron chi connectivity index (χ2n) is 7.45. The molecule has 1 aromatic carbocycles. The van der Waals surface area contributed by atoms with Gasteiger partial charge in [-0.2, -0.15) is 13.2 Å². The Morgan fingerprint density at radius 1 is 1.15 bits per heavy atom. The number of benzene rings is 1. The number of nitrogens with two attached hydrogens (primary N) is 1. The van der Waals surface area contributed by atoms with Crippen LogP contribution in [0.1, 0.15) is 42.8 Å². The van der Waals surface area contributed by atoms with Crippen LogP contribution in [0.15, 0.2) is 46.9 Å². The van der Waals surface area contributed by atoms with Crippen molar-refractivity contribution < 1.29 is 31.9 Å². The number of amides is 2. The topological polar surface area (TPSA) is 107 Å². The van der Waals surface area contributed by atoms with Gasteiger partial charge in [-0.3, -0.25) is 9.59 Å². The number of aromatic nitrogens is 1. The summed E-state index contributed by atoms with van der Waals surface area (Å²) >= 11 is 0.675. The number of hydrogen-bond donors (Lipinski definition) is 2. The first-order valence-electron chi connectivity index (χ1n) is 9.94. The van der Waals surface area contributed by atoms with Crippen LogP contribution in [-0.4, -0.2) is 16.8 Å². The molecule has 0 radical (unpaired) electrons. The summed E-state index contributed by atoms with van der Waals surface area (Å²) in [6.07, 6.45) is -4.66. The molecule has 0 aliphatic rings. The van der Waals surface area contributed by atoms with Crippen LogP contribution in [0.5, 0.6) is 5.75 Å². The van der Waals surface area contributed by atoms with Gasteiger partial charge in [-0.05, 0) is 49.2 Å². The van der Waals surface area contributed by atoms with Gasteiger partial charge in [-0.15, -0.1) is 11.3 Å². The van der Waals surface area contributed by atoms with E-state index in [2.05, 4.69) is 10.3 Å². The van der Waals surface area contributed by atoms with Gasteiger partial charge in [0, 0.05) is 5.39 Å². The zero-order valence-corrected chi connectivity index (χ0v) is 18.8. The number of thiophene rings is 1.